The molecule has 38 heavy (non-hydrogen) atoms. The summed E-state index contributed by atoms with van der Waals surface area (Å²) < 4.78 is 98.9. The molecule has 1 atom stereocenters. The summed E-state index contributed by atoms with van der Waals surface area (Å²) in [6.45, 7) is 2.18. The van der Waals surface area contributed by atoms with Crippen molar-refractivity contribution in [3.05, 3.63) is 78.1 Å². The number of hydrogen-bond acceptors (Lipinski definition) is 1. The standard InChI is InChI=1S/C30H29F7O/c1-2-6-19-9-11-20(12-10-19)21-13-15-23(16-14-21)26-24(22-7-4-3-5-8-22)17-18-25(27(26)31)38-30(36,37)28(32)29(33,34)35/h3-5,7-8,13-20,28H,2,6,9-12H2,1H3. The first-order valence-electron chi connectivity index (χ1n) is 12.8. The maximum atomic E-state index is 15.7. The van der Waals surface area contributed by atoms with Crippen LogP contribution in [0.1, 0.15) is 56.9 Å². The Morgan fingerprint density at radius 1 is 0.816 bits per heavy atom. The molecule has 0 amide bonds. The molecule has 8 heteroatoms. The highest BCUT2D eigenvalue weighted by Crippen LogP contribution is 2.43. The van der Waals surface area contributed by atoms with E-state index in [1.807, 2.05) is 12.1 Å². The lowest BCUT2D eigenvalue weighted by Gasteiger charge is -2.28. The van der Waals surface area contributed by atoms with Crippen molar-refractivity contribution in [2.24, 2.45) is 5.92 Å². The molecule has 3 aromatic rings. The van der Waals surface area contributed by atoms with Crippen molar-refractivity contribution in [1.29, 1.82) is 0 Å². The van der Waals surface area contributed by atoms with Gasteiger partial charge in [-0.15, -0.1) is 0 Å². The van der Waals surface area contributed by atoms with Gasteiger partial charge in [0, 0.05) is 5.56 Å². The van der Waals surface area contributed by atoms with Gasteiger partial charge < -0.3 is 4.74 Å². The molecule has 3 aromatic carbocycles. The topological polar surface area (TPSA) is 9.23 Å². The summed E-state index contributed by atoms with van der Waals surface area (Å²) in [7, 11) is 0. The van der Waals surface area contributed by atoms with Crippen molar-refractivity contribution < 1.29 is 35.5 Å². The van der Waals surface area contributed by atoms with Gasteiger partial charge in [0.15, 0.2) is 11.6 Å². The van der Waals surface area contributed by atoms with Crippen LogP contribution in [0.4, 0.5) is 30.7 Å². The number of benzene rings is 3. The van der Waals surface area contributed by atoms with Gasteiger partial charge in [-0.25, -0.2) is 8.78 Å². The maximum Gasteiger partial charge on any atom is 0.439 e. The second-order valence-corrected chi connectivity index (χ2v) is 9.86. The van der Waals surface area contributed by atoms with Crippen molar-refractivity contribution in [1.82, 2.24) is 0 Å². The predicted molar refractivity (Wildman–Crippen MR) is 133 cm³/mol. The second-order valence-electron chi connectivity index (χ2n) is 9.86. The fraction of sp³-hybridized carbons (Fsp3) is 0.400. The van der Waals surface area contributed by atoms with Gasteiger partial charge in [0.05, 0.1) is 0 Å². The zero-order valence-electron chi connectivity index (χ0n) is 20.9. The van der Waals surface area contributed by atoms with E-state index in [1.165, 1.54) is 12.5 Å². The zero-order chi connectivity index (χ0) is 27.5. The highest BCUT2D eigenvalue weighted by atomic mass is 19.4. The van der Waals surface area contributed by atoms with Gasteiger partial charge in [0.2, 0.25) is 0 Å². The molecule has 0 heterocycles. The Hall–Kier alpha value is -3.03. The number of halogens is 7. The molecule has 0 spiro atoms. The third kappa shape index (κ3) is 6.16. The van der Waals surface area contributed by atoms with E-state index in [2.05, 4.69) is 11.7 Å². The van der Waals surface area contributed by atoms with Crippen LogP contribution in [0.25, 0.3) is 22.3 Å². The Bertz CT molecular complexity index is 1200. The quantitative estimate of drug-likeness (QED) is 0.259. The number of rotatable bonds is 8. The molecule has 4 rings (SSSR count). The van der Waals surface area contributed by atoms with Crippen LogP contribution in [0.2, 0.25) is 0 Å². The monoisotopic (exact) mass is 538 g/mol. The van der Waals surface area contributed by atoms with E-state index in [1.54, 1.807) is 42.5 Å². The molecular weight excluding hydrogens is 509 g/mol. The Morgan fingerprint density at radius 3 is 2.03 bits per heavy atom. The Morgan fingerprint density at radius 2 is 1.45 bits per heavy atom. The van der Waals surface area contributed by atoms with Crippen molar-refractivity contribution in [2.75, 3.05) is 0 Å². The van der Waals surface area contributed by atoms with Gasteiger partial charge in [-0.1, -0.05) is 74.4 Å². The highest BCUT2D eigenvalue weighted by molar-refractivity contribution is 5.85. The normalized spacial score (nSPS) is 19.3. The first kappa shape index (κ1) is 28.0. The third-order valence-electron chi connectivity index (χ3n) is 7.23. The van der Waals surface area contributed by atoms with Gasteiger partial charge in [0.25, 0.3) is 6.17 Å². The molecule has 1 fully saturated rings. The van der Waals surface area contributed by atoms with Gasteiger partial charge in [-0.05, 0) is 71.9 Å². The average Bonchev–Trinajstić information content (AvgIpc) is 2.90. The number of ether oxygens (including phenoxy) is 1. The van der Waals surface area contributed by atoms with Crippen molar-refractivity contribution in [3.8, 4) is 28.0 Å². The Balaban J connectivity index is 1.69. The summed E-state index contributed by atoms with van der Waals surface area (Å²) in [4.78, 5) is 0. The summed E-state index contributed by atoms with van der Waals surface area (Å²) >= 11 is 0. The van der Waals surface area contributed by atoms with Crippen LogP contribution < -0.4 is 4.74 Å². The molecule has 0 radical (unpaired) electrons. The lowest BCUT2D eigenvalue weighted by atomic mass is 9.77. The molecule has 204 valence electrons. The van der Waals surface area contributed by atoms with E-state index < -0.39 is 30.0 Å². The van der Waals surface area contributed by atoms with Gasteiger partial charge in [-0.3, -0.25) is 0 Å². The van der Waals surface area contributed by atoms with E-state index in [9.17, 15) is 26.3 Å². The van der Waals surface area contributed by atoms with Crippen molar-refractivity contribution in [3.63, 3.8) is 0 Å². The number of hydrogen-bond donors (Lipinski definition) is 0. The van der Waals surface area contributed by atoms with Crippen LogP contribution in [-0.4, -0.2) is 18.5 Å². The van der Waals surface area contributed by atoms with Crippen LogP contribution >= 0.6 is 0 Å². The van der Waals surface area contributed by atoms with Crippen LogP contribution in [-0.2, 0) is 0 Å². The average molecular weight is 539 g/mol. The van der Waals surface area contributed by atoms with Crippen molar-refractivity contribution >= 4 is 0 Å². The minimum absolute atomic E-state index is 0.120. The molecule has 1 aliphatic carbocycles. The van der Waals surface area contributed by atoms with Crippen LogP contribution in [0.5, 0.6) is 5.75 Å². The molecule has 1 nitrogen and oxygen atoms in total. The van der Waals surface area contributed by atoms with E-state index in [0.29, 0.717) is 22.6 Å². The molecule has 0 aliphatic heterocycles. The summed E-state index contributed by atoms with van der Waals surface area (Å²) in [5.74, 6) is -1.36. The smallest absolute Gasteiger partial charge is 0.427 e. The summed E-state index contributed by atoms with van der Waals surface area (Å²) in [6, 6.07) is 17.7. The fourth-order valence-electron chi connectivity index (χ4n) is 5.28. The van der Waals surface area contributed by atoms with E-state index in [4.69, 9.17) is 0 Å². The van der Waals surface area contributed by atoms with E-state index in [-0.39, 0.29) is 5.56 Å². The first-order chi connectivity index (χ1) is 18.0. The lowest BCUT2D eigenvalue weighted by molar-refractivity contribution is -0.305. The molecule has 1 aliphatic rings. The molecule has 0 saturated heterocycles. The largest absolute Gasteiger partial charge is 0.439 e. The Labute approximate surface area is 217 Å². The van der Waals surface area contributed by atoms with Crippen molar-refractivity contribution in [2.45, 2.75) is 69.8 Å². The highest BCUT2D eigenvalue weighted by Gasteiger charge is 2.59. The summed E-state index contributed by atoms with van der Waals surface area (Å²) in [5.41, 5.74) is 2.21. The summed E-state index contributed by atoms with van der Waals surface area (Å²) in [5, 5.41) is 0. The zero-order valence-corrected chi connectivity index (χ0v) is 20.9. The third-order valence-corrected chi connectivity index (χ3v) is 7.23. The predicted octanol–water partition coefficient (Wildman–Crippen LogP) is 10.1. The molecule has 1 unspecified atom stereocenters. The molecule has 0 N–H and O–H groups in total. The molecule has 0 aromatic heterocycles. The van der Waals surface area contributed by atoms with Gasteiger partial charge in [-0.2, -0.15) is 22.0 Å². The van der Waals surface area contributed by atoms with Gasteiger partial charge in [0.1, 0.15) is 0 Å². The van der Waals surface area contributed by atoms with E-state index in [0.717, 1.165) is 49.7 Å². The molecular formula is C30H29F7O. The Kier molecular flexibility index (Phi) is 8.38. The van der Waals surface area contributed by atoms with E-state index >= 15 is 4.39 Å². The van der Waals surface area contributed by atoms with Gasteiger partial charge >= 0.3 is 12.3 Å². The van der Waals surface area contributed by atoms with Crippen LogP contribution in [0, 0.1) is 11.7 Å². The summed E-state index contributed by atoms with van der Waals surface area (Å²) in [6.07, 6.45) is -9.03. The molecule has 1 saturated carbocycles. The van der Waals surface area contributed by atoms with Crippen LogP contribution in [0.3, 0.4) is 0 Å². The number of alkyl halides is 6. The first-order valence-corrected chi connectivity index (χ1v) is 12.8. The van der Waals surface area contributed by atoms with Crippen LogP contribution in [0.15, 0.2) is 66.7 Å². The SMILES string of the molecule is CCCC1CCC(c2ccc(-c3c(-c4ccccc4)ccc(OC(F)(F)C(F)C(F)(F)F)c3F)cc2)CC1. The molecule has 0 bridgehead atoms. The fourth-order valence-corrected chi connectivity index (χ4v) is 5.28. The minimum atomic E-state index is -5.88. The maximum absolute atomic E-state index is 15.7. The second kappa shape index (κ2) is 11.4. The minimum Gasteiger partial charge on any atom is -0.427 e. The lowest BCUT2D eigenvalue weighted by Crippen LogP contribution is -2.45.